The van der Waals surface area contributed by atoms with E-state index in [9.17, 15) is 4.39 Å². The average Bonchev–Trinajstić information content (AvgIpc) is 2.00. The number of rotatable bonds is 1. The van der Waals surface area contributed by atoms with Crippen LogP contribution in [-0.4, -0.2) is 11.7 Å². The molecule has 0 aromatic carbocycles. The molecule has 1 aliphatic rings. The number of allylic oxidation sites excluding steroid dienone is 2. The molecule has 0 aliphatic heterocycles. The molecule has 0 heterocycles. The van der Waals surface area contributed by atoms with Crippen molar-refractivity contribution in [3.63, 3.8) is 0 Å². The molecule has 1 rings (SSSR count). The van der Waals surface area contributed by atoms with Crippen LogP contribution < -0.4 is 11.5 Å². The first-order valence-corrected chi connectivity index (χ1v) is 3.69. The van der Waals surface area contributed by atoms with Gasteiger partial charge in [0.1, 0.15) is 5.67 Å². The van der Waals surface area contributed by atoms with E-state index in [1.54, 1.807) is 19.1 Å². The molecule has 0 aromatic rings. The Labute approximate surface area is 65.8 Å². The van der Waals surface area contributed by atoms with Crippen molar-refractivity contribution in [3.8, 4) is 0 Å². The summed E-state index contributed by atoms with van der Waals surface area (Å²) in [7, 11) is 0. The van der Waals surface area contributed by atoms with Gasteiger partial charge in [0.25, 0.3) is 0 Å². The highest BCUT2D eigenvalue weighted by atomic mass is 19.1. The van der Waals surface area contributed by atoms with Crippen LogP contribution in [0.3, 0.4) is 0 Å². The molecule has 0 saturated carbocycles. The third-order valence-electron chi connectivity index (χ3n) is 2.08. The van der Waals surface area contributed by atoms with Crippen LogP contribution in [0.25, 0.3) is 0 Å². The van der Waals surface area contributed by atoms with Gasteiger partial charge in [0, 0.05) is 5.70 Å². The van der Waals surface area contributed by atoms with E-state index in [0.29, 0.717) is 12.1 Å². The second-order valence-corrected chi connectivity index (χ2v) is 2.78. The quantitative estimate of drug-likeness (QED) is 0.591. The first-order valence-electron chi connectivity index (χ1n) is 3.69. The Morgan fingerprint density at radius 2 is 2.36 bits per heavy atom. The first-order chi connectivity index (χ1) is 5.10. The minimum Gasteiger partial charge on any atom is -0.401 e. The monoisotopic (exact) mass is 156 g/mol. The zero-order valence-electron chi connectivity index (χ0n) is 6.55. The van der Waals surface area contributed by atoms with Gasteiger partial charge in [0.15, 0.2) is 0 Å². The molecule has 0 saturated heterocycles. The lowest BCUT2D eigenvalue weighted by atomic mass is 9.88. The number of nitrogens with two attached hydrogens (primary N) is 2. The molecule has 0 spiro atoms. The van der Waals surface area contributed by atoms with Crippen LogP contribution in [0.2, 0.25) is 0 Å². The van der Waals surface area contributed by atoms with E-state index in [4.69, 9.17) is 11.5 Å². The molecule has 62 valence electrons. The van der Waals surface area contributed by atoms with Crippen molar-refractivity contribution in [2.24, 2.45) is 11.5 Å². The molecule has 0 amide bonds. The molecule has 2 atom stereocenters. The third kappa shape index (κ3) is 1.28. The normalized spacial score (nSPS) is 37.0. The molecule has 1 aliphatic carbocycles. The van der Waals surface area contributed by atoms with Gasteiger partial charge >= 0.3 is 0 Å². The highest BCUT2D eigenvalue weighted by Gasteiger charge is 2.35. The predicted octanol–water partition coefficient (Wildman–Crippen LogP) is 0.844. The molecule has 2 unspecified atom stereocenters. The highest BCUT2D eigenvalue weighted by molar-refractivity contribution is 5.29. The molecule has 0 bridgehead atoms. The summed E-state index contributed by atoms with van der Waals surface area (Å²) in [5, 5.41) is 0. The molecule has 0 radical (unpaired) electrons. The summed E-state index contributed by atoms with van der Waals surface area (Å²) in [6.07, 6.45) is 5.08. The summed E-state index contributed by atoms with van der Waals surface area (Å²) >= 11 is 0. The summed E-state index contributed by atoms with van der Waals surface area (Å²) in [4.78, 5) is 0. The van der Waals surface area contributed by atoms with Gasteiger partial charge in [-0.1, -0.05) is 13.0 Å². The molecular weight excluding hydrogens is 143 g/mol. The largest absolute Gasteiger partial charge is 0.401 e. The summed E-state index contributed by atoms with van der Waals surface area (Å²) in [6.45, 7) is 1.75. The number of hydrogen-bond acceptors (Lipinski definition) is 2. The molecule has 2 nitrogen and oxygen atoms in total. The van der Waals surface area contributed by atoms with Crippen LogP contribution in [0, 0.1) is 0 Å². The fourth-order valence-electron chi connectivity index (χ4n) is 1.14. The Kier molecular flexibility index (Phi) is 2.00. The average molecular weight is 156 g/mol. The fourth-order valence-corrected chi connectivity index (χ4v) is 1.14. The Balaban J connectivity index is 2.88. The van der Waals surface area contributed by atoms with Gasteiger partial charge in [-0.05, 0) is 18.6 Å². The van der Waals surface area contributed by atoms with E-state index in [2.05, 4.69) is 0 Å². The predicted molar refractivity (Wildman–Crippen MR) is 43.5 cm³/mol. The zero-order valence-corrected chi connectivity index (χ0v) is 6.55. The van der Waals surface area contributed by atoms with Crippen molar-refractivity contribution >= 4 is 0 Å². The molecule has 4 N–H and O–H groups in total. The third-order valence-corrected chi connectivity index (χ3v) is 2.08. The van der Waals surface area contributed by atoms with E-state index >= 15 is 0 Å². The Morgan fingerprint density at radius 1 is 1.73 bits per heavy atom. The zero-order chi connectivity index (χ0) is 8.48. The highest BCUT2D eigenvalue weighted by Crippen LogP contribution is 2.26. The molecule has 0 fully saturated rings. The van der Waals surface area contributed by atoms with E-state index in [1.165, 1.54) is 6.08 Å². The maximum Gasteiger partial charge on any atom is 0.149 e. The van der Waals surface area contributed by atoms with Crippen molar-refractivity contribution in [2.75, 3.05) is 0 Å². The number of alkyl halides is 1. The number of hydrogen-bond donors (Lipinski definition) is 2. The lowest BCUT2D eigenvalue weighted by Gasteiger charge is -2.29. The van der Waals surface area contributed by atoms with E-state index in [0.717, 1.165) is 0 Å². The molecule has 11 heavy (non-hydrogen) atoms. The van der Waals surface area contributed by atoms with Crippen molar-refractivity contribution in [3.05, 3.63) is 23.9 Å². The lowest BCUT2D eigenvalue weighted by molar-refractivity contribution is 0.192. The van der Waals surface area contributed by atoms with Gasteiger partial charge in [-0.3, -0.25) is 0 Å². The fraction of sp³-hybridized carbons (Fsp3) is 0.500. The van der Waals surface area contributed by atoms with Crippen LogP contribution >= 0.6 is 0 Å². The van der Waals surface area contributed by atoms with Crippen LogP contribution in [0.5, 0.6) is 0 Å². The molecular formula is C8H13FN2. The summed E-state index contributed by atoms with van der Waals surface area (Å²) in [5.41, 5.74) is 9.99. The van der Waals surface area contributed by atoms with Crippen molar-refractivity contribution in [1.29, 1.82) is 0 Å². The summed E-state index contributed by atoms with van der Waals surface area (Å²) in [6, 6.07) is -0.683. The molecule has 0 aromatic heterocycles. The van der Waals surface area contributed by atoms with E-state index < -0.39 is 11.7 Å². The van der Waals surface area contributed by atoms with Crippen LogP contribution in [0.4, 0.5) is 4.39 Å². The van der Waals surface area contributed by atoms with Crippen molar-refractivity contribution in [2.45, 2.75) is 25.1 Å². The number of halogens is 1. The topological polar surface area (TPSA) is 52.0 Å². The van der Waals surface area contributed by atoms with Gasteiger partial charge in [-0.2, -0.15) is 0 Å². The summed E-state index contributed by atoms with van der Waals surface area (Å²) in [5.74, 6) is 0. The van der Waals surface area contributed by atoms with E-state index in [1.807, 2.05) is 0 Å². The smallest absolute Gasteiger partial charge is 0.149 e. The SMILES string of the molecule is CCC1(F)C=CC=C(N)C1N. The molecule has 3 heteroatoms. The second kappa shape index (κ2) is 2.66. The Morgan fingerprint density at radius 3 is 2.82 bits per heavy atom. The Hall–Kier alpha value is -0.830. The minimum atomic E-state index is -1.45. The Bertz CT molecular complexity index is 210. The van der Waals surface area contributed by atoms with Gasteiger partial charge in [0.05, 0.1) is 6.04 Å². The van der Waals surface area contributed by atoms with Gasteiger partial charge < -0.3 is 11.5 Å². The second-order valence-electron chi connectivity index (χ2n) is 2.78. The van der Waals surface area contributed by atoms with Crippen molar-refractivity contribution in [1.82, 2.24) is 0 Å². The van der Waals surface area contributed by atoms with Gasteiger partial charge in [0.2, 0.25) is 0 Å². The lowest BCUT2D eigenvalue weighted by Crippen LogP contribution is -2.47. The van der Waals surface area contributed by atoms with Crippen LogP contribution in [0.15, 0.2) is 23.9 Å². The first kappa shape index (κ1) is 8.27. The van der Waals surface area contributed by atoms with Gasteiger partial charge in [-0.25, -0.2) is 4.39 Å². The van der Waals surface area contributed by atoms with Crippen molar-refractivity contribution < 1.29 is 4.39 Å². The maximum absolute atomic E-state index is 13.6. The van der Waals surface area contributed by atoms with Crippen LogP contribution in [0.1, 0.15) is 13.3 Å². The minimum absolute atomic E-state index is 0.360. The van der Waals surface area contributed by atoms with Gasteiger partial charge in [-0.15, -0.1) is 0 Å². The van der Waals surface area contributed by atoms with Crippen LogP contribution in [-0.2, 0) is 0 Å². The maximum atomic E-state index is 13.6. The van der Waals surface area contributed by atoms with E-state index in [-0.39, 0.29) is 0 Å². The standard InChI is InChI=1S/C8H13FN2/c1-2-8(9)5-3-4-6(10)7(8)11/h3-5,7H,2,10-11H2,1H3. The summed E-state index contributed by atoms with van der Waals surface area (Å²) < 4.78 is 13.6.